The zero-order valence-electron chi connectivity index (χ0n) is 17.8. The molecular formula is C23H23ClN4O3S. The number of benzene rings is 2. The molecule has 0 saturated carbocycles. The maximum absolute atomic E-state index is 12.4. The number of thioether (sulfide) groups is 1. The molecule has 2 aromatic carbocycles. The molecule has 3 rings (SSSR count). The van der Waals surface area contributed by atoms with Gasteiger partial charge < -0.3 is 10.1 Å². The fourth-order valence-electron chi connectivity index (χ4n) is 2.91. The molecule has 1 aromatic heterocycles. The number of allylic oxidation sites excluding steroid dienone is 1. The Balaban J connectivity index is 1.63. The molecule has 0 aliphatic carbocycles. The van der Waals surface area contributed by atoms with Crippen LogP contribution in [0.15, 0.2) is 60.3 Å². The summed E-state index contributed by atoms with van der Waals surface area (Å²) < 4.78 is 7.73. The first-order chi connectivity index (χ1) is 15.4. The minimum Gasteiger partial charge on any atom is -0.485 e. The molecule has 166 valence electrons. The zero-order chi connectivity index (χ0) is 23.1. The van der Waals surface area contributed by atoms with Gasteiger partial charge in [-0.3, -0.25) is 14.2 Å². The average molecular weight is 471 g/mol. The van der Waals surface area contributed by atoms with Gasteiger partial charge in [-0.15, -0.1) is 16.8 Å². The highest BCUT2D eigenvalue weighted by atomic mass is 35.5. The number of rotatable bonds is 10. The average Bonchev–Trinajstić information content (AvgIpc) is 3.13. The SMILES string of the molecule is C=CCn1c(COc2ccc(Cl)cc2C)nnc1SCC(=O)Nc1cccc(C(C)=O)c1. The van der Waals surface area contributed by atoms with E-state index >= 15 is 0 Å². The molecule has 0 unspecified atom stereocenters. The van der Waals surface area contributed by atoms with Crippen LogP contribution in [-0.2, 0) is 17.9 Å². The normalized spacial score (nSPS) is 10.6. The van der Waals surface area contributed by atoms with Gasteiger partial charge in [-0.25, -0.2) is 0 Å². The number of carbonyl (C=O) groups excluding carboxylic acids is 2. The van der Waals surface area contributed by atoms with Crippen molar-refractivity contribution >= 4 is 40.7 Å². The molecule has 0 saturated heterocycles. The van der Waals surface area contributed by atoms with Gasteiger partial charge in [-0.2, -0.15) is 0 Å². The lowest BCUT2D eigenvalue weighted by Gasteiger charge is -2.11. The Morgan fingerprint density at radius 2 is 2.06 bits per heavy atom. The Kier molecular flexibility index (Phi) is 8.08. The van der Waals surface area contributed by atoms with E-state index in [-0.39, 0.29) is 24.1 Å². The summed E-state index contributed by atoms with van der Waals surface area (Å²) in [4.78, 5) is 23.9. The van der Waals surface area contributed by atoms with Gasteiger partial charge in [0.05, 0.1) is 5.75 Å². The number of nitrogens with zero attached hydrogens (tertiary/aromatic N) is 3. The van der Waals surface area contributed by atoms with Crippen molar-refractivity contribution in [2.75, 3.05) is 11.1 Å². The summed E-state index contributed by atoms with van der Waals surface area (Å²) in [5.41, 5.74) is 2.04. The third-order valence-corrected chi connectivity index (χ3v) is 5.69. The van der Waals surface area contributed by atoms with E-state index < -0.39 is 0 Å². The number of amides is 1. The van der Waals surface area contributed by atoms with Crippen molar-refractivity contribution < 1.29 is 14.3 Å². The van der Waals surface area contributed by atoms with Crippen LogP contribution in [0.3, 0.4) is 0 Å². The van der Waals surface area contributed by atoms with E-state index in [4.69, 9.17) is 16.3 Å². The van der Waals surface area contributed by atoms with E-state index in [0.29, 0.717) is 39.5 Å². The highest BCUT2D eigenvalue weighted by Crippen LogP contribution is 2.24. The minimum absolute atomic E-state index is 0.0588. The van der Waals surface area contributed by atoms with E-state index in [1.54, 1.807) is 36.4 Å². The van der Waals surface area contributed by atoms with E-state index in [1.807, 2.05) is 23.6 Å². The lowest BCUT2D eigenvalue weighted by Crippen LogP contribution is -2.15. The van der Waals surface area contributed by atoms with Crippen LogP contribution in [0.2, 0.25) is 5.02 Å². The molecule has 7 nitrogen and oxygen atoms in total. The third-order valence-electron chi connectivity index (χ3n) is 4.48. The van der Waals surface area contributed by atoms with Gasteiger partial charge in [-0.1, -0.05) is 41.6 Å². The number of hydrogen-bond acceptors (Lipinski definition) is 6. The molecule has 3 aromatic rings. The Morgan fingerprint density at radius 3 is 2.78 bits per heavy atom. The highest BCUT2D eigenvalue weighted by molar-refractivity contribution is 7.99. The molecule has 0 spiro atoms. The second-order valence-corrected chi connectivity index (χ2v) is 8.35. The van der Waals surface area contributed by atoms with Gasteiger partial charge in [-0.05, 0) is 49.7 Å². The van der Waals surface area contributed by atoms with Crippen LogP contribution >= 0.6 is 23.4 Å². The summed E-state index contributed by atoms with van der Waals surface area (Å²) in [6.07, 6.45) is 1.73. The van der Waals surface area contributed by atoms with E-state index in [0.717, 1.165) is 5.56 Å². The number of carbonyl (C=O) groups is 2. The van der Waals surface area contributed by atoms with Crippen LogP contribution in [0.5, 0.6) is 5.75 Å². The summed E-state index contributed by atoms with van der Waals surface area (Å²) in [5.74, 6) is 1.20. The lowest BCUT2D eigenvalue weighted by atomic mass is 10.1. The van der Waals surface area contributed by atoms with Crippen LogP contribution in [0.1, 0.15) is 28.7 Å². The first kappa shape index (κ1) is 23.6. The molecule has 1 amide bonds. The summed E-state index contributed by atoms with van der Waals surface area (Å²) in [6, 6.07) is 12.2. The number of ketones is 1. The standard InChI is InChI=1S/C23H23ClN4O3S/c1-4-10-28-21(13-31-20-9-8-18(24)11-15(20)2)26-27-23(28)32-14-22(30)25-19-7-5-6-17(12-19)16(3)29/h4-9,11-12H,1,10,13-14H2,2-3H3,(H,25,30). The smallest absolute Gasteiger partial charge is 0.234 e. The molecule has 32 heavy (non-hydrogen) atoms. The first-order valence-corrected chi connectivity index (χ1v) is 11.2. The second-order valence-electron chi connectivity index (χ2n) is 6.97. The monoisotopic (exact) mass is 470 g/mol. The molecule has 0 aliphatic heterocycles. The van der Waals surface area contributed by atoms with Gasteiger partial charge in [0.25, 0.3) is 0 Å². The summed E-state index contributed by atoms with van der Waals surface area (Å²) in [5, 5.41) is 12.4. The molecule has 0 atom stereocenters. The Bertz CT molecular complexity index is 1150. The minimum atomic E-state index is -0.210. The number of nitrogens with one attached hydrogen (secondary N) is 1. The van der Waals surface area contributed by atoms with Crippen molar-refractivity contribution in [1.29, 1.82) is 0 Å². The molecule has 1 heterocycles. The number of hydrogen-bond donors (Lipinski definition) is 1. The van der Waals surface area contributed by atoms with Gasteiger partial charge in [0.15, 0.2) is 16.8 Å². The first-order valence-electron chi connectivity index (χ1n) is 9.83. The quantitative estimate of drug-likeness (QED) is 0.256. The fourth-order valence-corrected chi connectivity index (χ4v) is 3.90. The Labute approximate surface area is 195 Å². The molecule has 0 aliphatic rings. The Hall–Kier alpha value is -3.10. The highest BCUT2D eigenvalue weighted by Gasteiger charge is 2.15. The van der Waals surface area contributed by atoms with E-state index in [9.17, 15) is 9.59 Å². The predicted molar refractivity (Wildman–Crippen MR) is 127 cm³/mol. The number of aryl methyl sites for hydroxylation is 1. The predicted octanol–water partition coefficient (Wildman–Crippen LogP) is 4.94. The van der Waals surface area contributed by atoms with Crippen molar-refractivity contribution in [2.45, 2.75) is 32.2 Å². The summed E-state index contributed by atoms with van der Waals surface area (Å²) in [7, 11) is 0. The van der Waals surface area contributed by atoms with Gasteiger partial charge in [0.2, 0.25) is 5.91 Å². The van der Waals surface area contributed by atoms with Crippen molar-refractivity contribution in [1.82, 2.24) is 14.8 Å². The van der Waals surface area contributed by atoms with Crippen LogP contribution in [0.25, 0.3) is 0 Å². The number of anilines is 1. The zero-order valence-corrected chi connectivity index (χ0v) is 19.4. The molecule has 0 radical (unpaired) electrons. The van der Waals surface area contributed by atoms with Gasteiger partial charge in [0, 0.05) is 22.8 Å². The van der Waals surface area contributed by atoms with Gasteiger partial charge >= 0.3 is 0 Å². The van der Waals surface area contributed by atoms with Crippen molar-refractivity contribution in [3.63, 3.8) is 0 Å². The number of Topliss-reactive ketones (excluding diaryl/α,β-unsaturated/α-hetero) is 1. The van der Waals surface area contributed by atoms with Crippen LogP contribution in [0, 0.1) is 6.92 Å². The van der Waals surface area contributed by atoms with E-state index in [2.05, 4.69) is 22.1 Å². The summed E-state index contributed by atoms with van der Waals surface area (Å²) in [6.45, 7) is 7.89. The molecule has 1 N–H and O–H groups in total. The number of halogens is 1. The number of aromatic nitrogens is 3. The van der Waals surface area contributed by atoms with Crippen molar-refractivity contribution in [2.24, 2.45) is 0 Å². The van der Waals surface area contributed by atoms with Crippen LogP contribution in [-0.4, -0.2) is 32.2 Å². The Morgan fingerprint density at radius 1 is 1.25 bits per heavy atom. The number of ether oxygens (including phenoxy) is 1. The molecule has 9 heteroatoms. The van der Waals surface area contributed by atoms with Crippen molar-refractivity contribution in [3.8, 4) is 5.75 Å². The molecular weight excluding hydrogens is 448 g/mol. The fraction of sp³-hybridized carbons (Fsp3) is 0.217. The molecule has 0 fully saturated rings. The maximum atomic E-state index is 12.4. The van der Waals surface area contributed by atoms with Gasteiger partial charge in [0.1, 0.15) is 12.4 Å². The third kappa shape index (κ3) is 6.21. The maximum Gasteiger partial charge on any atom is 0.234 e. The van der Waals surface area contributed by atoms with E-state index in [1.165, 1.54) is 18.7 Å². The van der Waals surface area contributed by atoms with Crippen molar-refractivity contribution in [3.05, 3.63) is 77.1 Å². The van der Waals surface area contributed by atoms with Crippen LogP contribution < -0.4 is 10.1 Å². The van der Waals surface area contributed by atoms with Crippen LogP contribution in [0.4, 0.5) is 5.69 Å². The second kappa shape index (κ2) is 11.0. The summed E-state index contributed by atoms with van der Waals surface area (Å²) >= 11 is 7.26. The lowest BCUT2D eigenvalue weighted by molar-refractivity contribution is -0.113. The largest absolute Gasteiger partial charge is 0.485 e. The molecule has 0 bridgehead atoms. The topological polar surface area (TPSA) is 86.1 Å².